The maximum atomic E-state index is 11.3. The molecule has 0 fully saturated rings. The number of nitrogens with two attached hydrogens (primary N) is 1. The van der Waals surface area contributed by atoms with Crippen LogP contribution >= 0.6 is 0 Å². The Morgan fingerprint density at radius 2 is 2.00 bits per heavy atom. The summed E-state index contributed by atoms with van der Waals surface area (Å²) in [6, 6.07) is 7.44. The van der Waals surface area contributed by atoms with Gasteiger partial charge < -0.3 is 16.0 Å². The molecule has 4 nitrogen and oxygen atoms in total. The SMILES string of the molecule is CCNC(=O)CN(C)c1ccc(N)cc1. The number of nitrogen functional groups attached to an aromatic ring is 1. The number of carbonyl (C=O) groups excluding carboxylic acids is 1. The first-order valence-corrected chi connectivity index (χ1v) is 4.97. The number of hydrogen-bond donors (Lipinski definition) is 2. The fraction of sp³-hybridized carbons (Fsp3) is 0.364. The molecule has 1 aromatic carbocycles. The van der Waals surface area contributed by atoms with Gasteiger partial charge in [0.15, 0.2) is 0 Å². The normalized spacial score (nSPS) is 9.73. The molecule has 0 aromatic heterocycles. The number of nitrogens with one attached hydrogen (secondary N) is 1. The molecule has 15 heavy (non-hydrogen) atoms. The van der Waals surface area contributed by atoms with E-state index in [1.807, 2.05) is 43.1 Å². The van der Waals surface area contributed by atoms with Crippen LogP contribution in [0.1, 0.15) is 6.92 Å². The summed E-state index contributed by atoms with van der Waals surface area (Å²) in [7, 11) is 1.88. The van der Waals surface area contributed by atoms with Crippen LogP contribution < -0.4 is 16.0 Å². The number of rotatable bonds is 4. The lowest BCUT2D eigenvalue weighted by Gasteiger charge is -2.18. The minimum Gasteiger partial charge on any atom is -0.399 e. The lowest BCUT2D eigenvalue weighted by molar-refractivity contribution is -0.119. The second-order valence-corrected chi connectivity index (χ2v) is 3.40. The van der Waals surface area contributed by atoms with Crippen LogP contribution in [0.25, 0.3) is 0 Å². The van der Waals surface area contributed by atoms with Gasteiger partial charge in [0.2, 0.25) is 5.91 Å². The average Bonchev–Trinajstić information content (AvgIpc) is 2.18. The van der Waals surface area contributed by atoms with Crippen LogP contribution in [0.15, 0.2) is 24.3 Å². The summed E-state index contributed by atoms with van der Waals surface area (Å²) < 4.78 is 0. The molecule has 0 aliphatic carbocycles. The highest BCUT2D eigenvalue weighted by Crippen LogP contribution is 2.14. The molecular formula is C11H17N3O. The van der Waals surface area contributed by atoms with E-state index in [0.717, 1.165) is 11.4 Å². The van der Waals surface area contributed by atoms with Crippen molar-refractivity contribution in [1.82, 2.24) is 5.32 Å². The van der Waals surface area contributed by atoms with E-state index in [9.17, 15) is 4.79 Å². The molecule has 0 heterocycles. The Bertz CT molecular complexity index is 321. The van der Waals surface area contributed by atoms with Gasteiger partial charge in [-0.25, -0.2) is 0 Å². The first kappa shape index (κ1) is 11.4. The van der Waals surface area contributed by atoms with E-state index < -0.39 is 0 Å². The molecule has 0 spiro atoms. The Balaban J connectivity index is 2.57. The molecule has 0 aliphatic rings. The lowest BCUT2D eigenvalue weighted by Crippen LogP contribution is -2.34. The molecule has 1 amide bonds. The standard InChI is InChI=1S/C11H17N3O/c1-3-13-11(15)8-14(2)10-6-4-9(12)5-7-10/h4-7H,3,8,12H2,1-2H3,(H,13,15). The lowest BCUT2D eigenvalue weighted by atomic mass is 10.2. The topological polar surface area (TPSA) is 58.4 Å². The van der Waals surface area contributed by atoms with Crippen LogP contribution in [0.5, 0.6) is 0 Å². The van der Waals surface area contributed by atoms with E-state index in [1.54, 1.807) is 0 Å². The fourth-order valence-electron chi connectivity index (χ4n) is 1.29. The van der Waals surface area contributed by atoms with E-state index in [4.69, 9.17) is 5.73 Å². The van der Waals surface area contributed by atoms with E-state index in [2.05, 4.69) is 5.32 Å². The van der Waals surface area contributed by atoms with Crippen molar-refractivity contribution in [2.75, 3.05) is 30.8 Å². The van der Waals surface area contributed by atoms with E-state index in [-0.39, 0.29) is 5.91 Å². The predicted molar refractivity (Wildman–Crippen MR) is 62.8 cm³/mol. The summed E-state index contributed by atoms with van der Waals surface area (Å²) in [6.45, 7) is 2.92. The van der Waals surface area contributed by atoms with Crippen LogP contribution in [0, 0.1) is 0 Å². The highest BCUT2D eigenvalue weighted by atomic mass is 16.1. The molecule has 1 rings (SSSR count). The summed E-state index contributed by atoms with van der Waals surface area (Å²) >= 11 is 0. The molecule has 0 atom stereocenters. The maximum Gasteiger partial charge on any atom is 0.239 e. The number of carbonyl (C=O) groups is 1. The van der Waals surface area contributed by atoms with Crippen LogP contribution in [-0.4, -0.2) is 26.0 Å². The summed E-state index contributed by atoms with van der Waals surface area (Å²) in [6.07, 6.45) is 0. The Kier molecular flexibility index (Phi) is 3.97. The third kappa shape index (κ3) is 3.50. The molecule has 1 aromatic rings. The first-order valence-electron chi connectivity index (χ1n) is 4.97. The minimum atomic E-state index is 0.0248. The van der Waals surface area contributed by atoms with Gasteiger partial charge in [0, 0.05) is 25.0 Å². The molecule has 3 N–H and O–H groups in total. The Morgan fingerprint density at radius 3 is 2.53 bits per heavy atom. The van der Waals surface area contributed by atoms with Crippen molar-refractivity contribution < 1.29 is 4.79 Å². The maximum absolute atomic E-state index is 11.3. The second-order valence-electron chi connectivity index (χ2n) is 3.40. The van der Waals surface area contributed by atoms with E-state index in [1.165, 1.54) is 0 Å². The van der Waals surface area contributed by atoms with Crippen molar-refractivity contribution in [3.05, 3.63) is 24.3 Å². The Labute approximate surface area is 90.1 Å². The van der Waals surface area contributed by atoms with Crippen molar-refractivity contribution in [2.24, 2.45) is 0 Å². The molecule has 0 unspecified atom stereocenters. The highest BCUT2D eigenvalue weighted by Gasteiger charge is 2.05. The van der Waals surface area contributed by atoms with Crippen molar-refractivity contribution in [2.45, 2.75) is 6.92 Å². The number of nitrogens with zero attached hydrogens (tertiary/aromatic N) is 1. The smallest absolute Gasteiger partial charge is 0.239 e. The van der Waals surface area contributed by atoms with Crippen molar-refractivity contribution in [3.8, 4) is 0 Å². The summed E-state index contributed by atoms with van der Waals surface area (Å²) in [5.74, 6) is 0.0248. The number of benzene rings is 1. The van der Waals surface area contributed by atoms with Gasteiger partial charge in [-0.15, -0.1) is 0 Å². The summed E-state index contributed by atoms with van der Waals surface area (Å²) in [5, 5.41) is 2.75. The van der Waals surface area contributed by atoms with Gasteiger partial charge in [0.05, 0.1) is 6.54 Å². The van der Waals surface area contributed by atoms with Gasteiger partial charge in [-0.05, 0) is 31.2 Å². The third-order valence-electron chi connectivity index (χ3n) is 2.09. The van der Waals surface area contributed by atoms with Crippen molar-refractivity contribution in [3.63, 3.8) is 0 Å². The molecule has 0 radical (unpaired) electrons. The molecule has 0 bridgehead atoms. The van der Waals surface area contributed by atoms with Gasteiger partial charge in [0.1, 0.15) is 0 Å². The zero-order chi connectivity index (χ0) is 11.3. The average molecular weight is 207 g/mol. The van der Waals surface area contributed by atoms with Gasteiger partial charge >= 0.3 is 0 Å². The van der Waals surface area contributed by atoms with E-state index in [0.29, 0.717) is 13.1 Å². The Morgan fingerprint density at radius 1 is 1.40 bits per heavy atom. The third-order valence-corrected chi connectivity index (χ3v) is 2.09. The number of hydrogen-bond acceptors (Lipinski definition) is 3. The molecule has 82 valence electrons. The minimum absolute atomic E-state index is 0.0248. The second kappa shape index (κ2) is 5.24. The Hall–Kier alpha value is -1.71. The summed E-state index contributed by atoms with van der Waals surface area (Å²) in [5.41, 5.74) is 7.29. The van der Waals surface area contributed by atoms with Crippen LogP contribution in [0.2, 0.25) is 0 Å². The van der Waals surface area contributed by atoms with Gasteiger partial charge in [-0.1, -0.05) is 0 Å². The van der Waals surface area contributed by atoms with Crippen LogP contribution in [-0.2, 0) is 4.79 Å². The van der Waals surface area contributed by atoms with Crippen LogP contribution in [0.4, 0.5) is 11.4 Å². The molecule has 0 saturated carbocycles. The highest BCUT2D eigenvalue weighted by molar-refractivity contribution is 5.81. The number of likely N-dealkylation sites (N-methyl/N-ethyl adjacent to an activating group) is 2. The fourth-order valence-corrected chi connectivity index (χ4v) is 1.29. The molecule has 0 aliphatic heterocycles. The molecule has 4 heteroatoms. The van der Waals surface area contributed by atoms with Gasteiger partial charge in [-0.2, -0.15) is 0 Å². The largest absolute Gasteiger partial charge is 0.399 e. The first-order chi connectivity index (χ1) is 7.13. The van der Waals surface area contributed by atoms with E-state index >= 15 is 0 Å². The van der Waals surface area contributed by atoms with Crippen molar-refractivity contribution in [1.29, 1.82) is 0 Å². The number of anilines is 2. The monoisotopic (exact) mass is 207 g/mol. The zero-order valence-electron chi connectivity index (χ0n) is 9.16. The van der Waals surface area contributed by atoms with Crippen LogP contribution in [0.3, 0.4) is 0 Å². The number of amides is 1. The molecular weight excluding hydrogens is 190 g/mol. The molecule has 0 saturated heterocycles. The predicted octanol–water partition coefficient (Wildman–Crippen LogP) is 0.841. The quantitative estimate of drug-likeness (QED) is 0.719. The zero-order valence-corrected chi connectivity index (χ0v) is 9.16. The van der Waals surface area contributed by atoms with Gasteiger partial charge in [0.25, 0.3) is 0 Å². The summed E-state index contributed by atoms with van der Waals surface area (Å²) in [4.78, 5) is 13.2. The van der Waals surface area contributed by atoms with Crippen molar-refractivity contribution >= 4 is 17.3 Å². The van der Waals surface area contributed by atoms with Gasteiger partial charge in [-0.3, -0.25) is 4.79 Å².